The molecule has 1 unspecified atom stereocenters. The second-order valence-corrected chi connectivity index (χ2v) is 4.91. The highest BCUT2D eigenvalue weighted by atomic mass is 35.5. The van der Waals surface area contributed by atoms with Crippen LogP contribution in [0.15, 0.2) is 30.5 Å². The van der Waals surface area contributed by atoms with E-state index < -0.39 is 0 Å². The zero-order valence-corrected chi connectivity index (χ0v) is 11.6. The molecule has 0 saturated carbocycles. The van der Waals surface area contributed by atoms with Crippen LogP contribution in [0.25, 0.3) is 0 Å². The van der Waals surface area contributed by atoms with Crippen LogP contribution in [0.4, 0.5) is 0 Å². The summed E-state index contributed by atoms with van der Waals surface area (Å²) in [6.07, 6.45) is 2.74. The third-order valence-corrected chi connectivity index (χ3v) is 3.47. The number of halogens is 2. The van der Waals surface area contributed by atoms with Gasteiger partial charge in [0.2, 0.25) is 0 Å². The van der Waals surface area contributed by atoms with Crippen LogP contribution < -0.4 is 5.73 Å². The normalized spacial score (nSPS) is 12.7. The molecule has 1 aromatic heterocycles. The molecule has 2 N–H and O–H groups in total. The van der Waals surface area contributed by atoms with Crippen molar-refractivity contribution in [2.75, 3.05) is 0 Å². The van der Waals surface area contributed by atoms with E-state index in [9.17, 15) is 0 Å². The molecule has 1 aromatic carbocycles. The topological polar surface area (TPSA) is 43.8 Å². The van der Waals surface area contributed by atoms with Gasteiger partial charge in [0.05, 0.1) is 11.7 Å². The third kappa shape index (κ3) is 2.53. The van der Waals surface area contributed by atoms with Crippen molar-refractivity contribution in [2.24, 2.45) is 5.73 Å². The molecule has 1 atom stereocenters. The Labute approximate surface area is 117 Å². The summed E-state index contributed by atoms with van der Waals surface area (Å²) in [5, 5.41) is 5.43. The molecule has 2 rings (SSSR count). The summed E-state index contributed by atoms with van der Waals surface area (Å²) in [6.45, 7) is 2.93. The lowest BCUT2D eigenvalue weighted by Gasteiger charge is -2.17. The summed E-state index contributed by atoms with van der Waals surface area (Å²) in [5.41, 5.74) is 7.94. The Morgan fingerprint density at radius 3 is 2.56 bits per heavy atom. The van der Waals surface area contributed by atoms with Crippen molar-refractivity contribution in [2.45, 2.75) is 25.9 Å². The van der Waals surface area contributed by atoms with Gasteiger partial charge in [-0.1, -0.05) is 36.2 Å². The van der Waals surface area contributed by atoms with E-state index in [2.05, 4.69) is 12.0 Å². The lowest BCUT2D eigenvalue weighted by atomic mass is 10.0. The number of nitrogens with two attached hydrogens (primary N) is 1. The molecule has 0 bridgehead atoms. The quantitative estimate of drug-likeness (QED) is 0.931. The molecular formula is C13H15Cl2N3. The van der Waals surface area contributed by atoms with Crippen LogP contribution >= 0.6 is 23.2 Å². The van der Waals surface area contributed by atoms with Crippen molar-refractivity contribution < 1.29 is 0 Å². The first-order valence-corrected chi connectivity index (χ1v) is 6.62. The van der Waals surface area contributed by atoms with Gasteiger partial charge < -0.3 is 5.73 Å². The fourth-order valence-corrected chi connectivity index (χ4v) is 2.59. The van der Waals surface area contributed by atoms with E-state index in [1.165, 1.54) is 0 Å². The first-order valence-electron chi connectivity index (χ1n) is 5.86. The average Bonchev–Trinajstić information content (AvgIpc) is 2.77. The second kappa shape index (κ2) is 5.74. The summed E-state index contributed by atoms with van der Waals surface area (Å²) < 4.78 is 1.89. The van der Waals surface area contributed by atoms with E-state index in [1.807, 2.05) is 16.8 Å². The Morgan fingerprint density at radius 2 is 1.94 bits per heavy atom. The van der Waals surface area contributed by atoms with Gasteiger partial charge in [0, 0.05) is 28.4 Å². The van der Waals surface area contributed by atoms with Crippen LogP contribution in [0.3, 0.4) is 0 Å². The van der Waals surface area contributed by atoms with E-state index in [-0.39, 0.29) is 6.04 Å². The Balaban J connectivity index is 2.41. The molecule has 18 heavy (non-hydrogen) atoms. The van der Waals surface area contributed by atoms with Gasteiger partial charge >= 0.3 is 0 Å². The van der Waals surface area contributed by atoms with Crippen molar-refractivity contribution >= 4 is 23.2 Å². The third-order valence-electron chi connectivity index (χ3n) is 2.81. The van der Waals surface area contributed by atoms with Gasteiger partial charge in [-0.25, -0.2) is 0 Å². The highest BCUT2D eigenvalue weighted by Gasteiger charge is 2.19. The van der Waals surface area contributed by atoms with Crippen molar-refractivity contribution in [3.05, 3.63) is 51.8 Å². The minimum atomic E-state index is -0.361. The Bertz CT molecular complexity index is 517. The predicted molar refractivity (Wildman–Crippen MR) is 75.0 cm³/mol. The Kier molecular flexibility index (Phi) is 4.27. The molecule has 3 nitrogen and oxygen atoms in total. The lowest BCUT2D eigenvalue weighted by Crippen LogP contribution is -2.18. The fourth-order valence-electron chi connectivity index (χ4n) is 1.96. The van der Waals surface area contributed by atoms with E-state index in [1.54, 1.807) is 18.3 Å². The highest BCUT2D eigenvalue weighted by Crippen LogP contribution is 2.32. The van der Waals surface area contributed by atoms with Crippen LogP contribution in [0, 0.1) is 0 Å². The van der Waals surface area contributed by atoms with Gasteiger partial charge in [-0.15, -0.1) is 0 Å². The SMILES string of the molecule is CCCn1nccc1C(N)c1c(Cl)cccc1Cl. The van der Waals surface area contributed by atoms with Gasteiger partial charge in [0.15, 0.2) is 0 Å². The summed E-state index contributed by atoms with van der Waals surface area (Å²) in [7, 11) is 0. The zero-order chi connectivity index (χ0) is 13.1. The predicted octanol–water partition coefficient (Wildman–Crippen LogP) is 3.65. The molecule has 96 valence electrons. The van der Waals surface area contributed by atoms with Crippen LogP contribution in [0.2, 0.25) is 10.0 Å². The molecule has 0 aliphatic carbocycles. The number of aryl methyl sites for hydroxylation is 1. The van der Waals surface area contributed by atoms with Gasteiger partial charge in [0.25, 0.3) is 0 Å². The molecule has 0 aliphatic heterocycles. The van der Waals surface area contributed by atoms with Gasteiger partial charge in [0.1, 0.15) is 0 Å². The maximum absolute atomic E-state index is 6.26. The Hall–Kier alpha value is -1.03. The van der Waals surface area contributed by atoms with Crippen molar-refractivity contribution in [1.29, 1.82) is 0 Å². The summed E-state index contributed by atoms with van der Waals surface area (Å²) in [4.78, 5) is 0. The first kappa shape index (κ1) is 13.4. The largest absolute Gasteiger partial charge is 0.319 e. The zero-order valence-electron chi connectivity index (χ0n) is 10.1. The van der Waals surface area contributed by atoms with E-state index in [0.29, 0.717) is 10.0 Å². The summed E-state index contributed by atoms with van der Waals surface area (Å²) >= 11 is 12.4. The van der Waals surface area contributed by atoms with Crippen LogP contribution in [-0.2, 0) is 6.54 Å². The molecule has 0 amide bonds. The van der Waals surface area contributed by atoms with Gasteiger partial charge in [-0.2, -0.15) is 5.10 Å². The van der Waals surface area contributed by atoms with Crippen LogP contribution in [0.1, 0.15) is 30.6 Å². The molecule has 0 radical (unpaired) electrons. The van der Waals surface area contributed by atoms with Crippen molar-refractivity contribution in [3.8, 4) is 0 Å². The fraction of sp³-hybridized carbons (Fsp3) is 0.308. The number of nitrogens with zero attached hydrogens (tertiary/aromatic N) is 2. The number of benzene rings is 1. The number of rotatable bonds is 4. The van der Waals surface area contributed by atoms with Crippen molar-refractivity contribution in [1.82, 2.24) is 9.78 Å². The standard InChI is InChI=1S/C13H15Cl2N3/c1-2-8-18-11(6-7-17-18)13(16)12-9(14)4-3-5-10(12)15/h3-7,13H,2,8,16H2,1H3. The number of hydrogen-bond acceptors (Lipinski definition) is 2. The molecule has 5 heteroatoms. The van der Waals surface area contributed by atoms with Gasteiger partial charge in [-0.05, 0) is 24.6 Å². The molecular weight excluding hydrogens is 269 g/mol. The maximum atomic E-state index is 6.26. The van der Waals surface area contributed by atoms with E-state index in [0.717, 1.165) is 24.2 Å². The molecule has 0 saturated heterocycles. The summed E-state index contributed by atoms with van der Waals surface area (Å²) in [6, 6.07) is 6.94. The van der Waals surface area contributed by atoms with Crippen LogP contribution in [-0.4, -0.2) is 9.78 Å². The lowest BCUT2D eigenvalue weighted by molar-refractivity contribution is 0.560. The summed E-state index contributed by atoms with van der Waals surface area (Å²) in [5.74, 6) is 0. The smallest absolute Gasteiger partial charge is 0.0752 e. The first-order chi connectivity index (χ1) is 8.65. The molecule has 2 aromatic rings. The van der Waals surface area contributed by atoms with Crippen LogP contribution in [0.5, 0.6) is 0 Å². The van der Waals surface area contributed by atoms with E-state index in [4.69, 9.17) is 28.9 Å². The monoisotopic (exact) mass is 283 g/mol. The van der Waals surface area contributed by atoms with E-state index >= 15 is 0 Å². The van der Waals surface area contributed by atoms with Gasteiger partial charge in [-0.3, -0.25) is 4.68 Å². The number of aromatic nitrogens is 2. The highest BCUT2D eigenvalue weighted by molar-refractivity contribution is 6.36. The Morgan fingerprint density at radius 1 is 1.28 bits per heavy atom. The number of hydrogen-bond donors (Lipinski definition) is 1. The second-order valence-electron chi connectivity index (χ2n) is 4.09. The molecule has 0 spiro atoms. The van der Waals surface area contributed by atoms with Crippen molar-refractivity contribution in [3.63, 3.8) is 0 Å². The molecule has 0 fully saturated rings. The molecule has 0 aliphatic rings. The minimum absolute atomic E-state index is 0.361. The molecule has 1 heterocycles. The average molecular weight is 284 g/mol. The minimum Gasteiger partial charge on any atom is -0.319 e. The maximum Gasteiger partial charge on any atom is 0.0752 e.